The quantitative estimate of drug-likeness (QED) is 0.264. The summed E-state index contributed by atoms with van der Waals surface area (Å²) in [7, 11) is 0. The third-order valence-corrected chi connectivity index (χ3v) is 7.70. The molecule has 8 nitrogen and oxygen atoms in total. The van der Waals surface area contributed by atoms with Crippen LogP contribution < -0.4 is 15.4 Å². The number of nitrogens with two attached hydrogens (primary N) is 1. The number of hydrogen-bond donors (Lipinski definition) is 1. The fourth-order valence-electron chi connectivity index (χ4n) is 5.59. The van der Waals surface area contributed by atoms with Gasteiger partial charge in [0.1, 0.15) is 23.9 Å². The van der Waals surface area contributed by atoms with Crippen LogP contribution in [0, 0.1) is 35.3 Å². The van der Waals surface area contributed by atoms with Crippen LogP contribution in [0.3, 0.4) is 0 Å². The molecule has 1 atom stereocenters. The molecule has 0 fully saturated rings. The van der Waals surface area contributed by atoms with E-state index in [1.54, 1.807) is 42.5 Å². The van der Waals surface area contributed by atoms with Gasteiger partial charge in [-0.05, 0) is 73.7 Å². The molecule has 1 aliphatic heterocycles. The third kappa shape index (κ3) is 4.80. The second kappa shape index (κ2) is 10.9. The summed E-state index contributed by atoms with van der Waals surface area (Å²) in [6.07, 6.45) is 1.42. The first-order valence-corrected chi connectivity index (χ1v) is 13.3. The number of nitro benzene ring substituents is 1. The van der Waals surface area contributed by atoms with Crippen molar-refractivity contribution in [2.24, 2.45) is 5.73 Å². The smallest absolute Gasteiger partial charge is 0.293 e. The molecular weight excluding hydrogens is 528 g/mol. The van der Waals surface area contributed by atoms with Gasteiger partial charge < -0.3 is 10.5 Å². The second-order valence-electron chi connectivity index (χ2n) is 9.94. The maximum atomic E-state index is 13.6. The zero-order valence-corrected chi connectivity index (χ0v) is 22.9. The summed E-state index contributed by atoms with van der Waals surface area (Å²) in [5.74, 6) is -0.0231. The Balaban J connectivity index is 1.66. The second-order valence-corrected chi connectivity index (χ2v) is 10.4. The van der Waals surface area contributed by atoms with E-state index in [0.717, 1.165) is 22.3 Å². The number of allylic oxidation sites excluding steroid dienone is 3. The monoisotopic (exact) mass is 554 g/mol. The number of halogens is 1. The molecule has 0 bridgehead atoms. The first-order valence-electron chi connectivity index (χ1n) is 12.9. The van der Waals surface area contributed by atoms with Gasteiger partial charge >= 0.3 is 0 Å². The molecule has 0 saturated heterocycles. The highest BCUT2D eigenvalue weighted by atomic mass is 35.5. The van der Waals surface area contributed by atoms with Crippen molar-refractivity contribution < 1.29 is 14.5 Å². The van der Waals surface area contributed by atoms with Crippen LogP contribution in [0.15, 0.2) is 83.3 Å². The number of anilines is 1. The lowest BCUT2D eigenvalue weighted by molar-refractivity contribution is -0.384. The number of aryl methyl sites for hydroxylation is 1. The summed E-state index contributed by atoms with van der Waals surface area (Å²) in [6, 6.07) is 19.6. The zero-order chi connectivity index (χ0) is 28.6. The van der Waals surface area contributed by atoms with E-state index in [2.05, 4.69) is 6.07 Å². The first kappa shape index (κ1) is 27.0. The molecule has 40 heavy (non-hydrogen) atoms. The Labute approximate surface area is 237 Å². The number of benzene rings is 3. The van der Waals surface area contributed by atoms with Gasteiger partial charge in [0.15, 0.2) is 5.78 Å². The van der Waals surface area contributed by atoms with Gasteiger partial charge in [-0.25, -0.2) is 0 Å². The number of carbonyl (C=O) groups is 1. The summed E-state index contributed by atoms with van der Waals surface area (Å²) in [5, 5.41) is 22.9. The van der Waals surface area contributed by atoms with Crippen LogP contribution >= 0.6 is 11.6 Å². The number of rotatable bonds is 6. The van der Waals surface area contributed by atoms with Crippen LogP contribution in [0.25, 0.3) is 0 Å². The normalized spacial score (nSPS) is 17.0. The summed E-state index contributed by atoms with van der Waals surface area (Å²) >= 11 is 6.00. The van der Waals surface area contributed by atoms with Crippen molar-refractivity contribution in [3.8, 4) is 11.8 Å². The molecule has 0 saturated carbocycles. The van der Waals surface area contributed by atoms with Gasteiger partial charge in [-0.1, -0.05) is 41.4 Å². The van der Waals surface area contributed by atoms with Gasteiger partial charge in [0.05, 0.1) is 22.5 Å². The first-order chi connectivity index (χ1) is 19.2. The number of nitriles is 1. The third-order valence-electron chi connectivity index (χ3n) is 7.45. The lowest BCUT2D eigenvalue weighted by Gasteiger charge is -2.39. The van der Waals surface area contributed by atoms with Crippen molar-refractivity contribution in [1.29, 1.82) is 5.26 Å². The van der Waals surface area contributed by atoms with E-state index >= 15 is 0 Å². The molecule has 1 heterocycles. The van der Waals surface area contributed by atoms with E-state index in [0.29, 0.717) is 41.3 Å². The fourth-order valence-corrected chi connectivity index (χ4v) is 5.71. The minimum atomic E-state index is -0.694. The van der Waals surface area contributed by atoms with Gasteiger partial charge in [0.2, 0.25) is 0 Å². The maximum Gasteiger partial charge on any atom is 0.293 e. The fraction of sp³-hybridized carbons (Fsp3) is 0.226. The van der Waals surface area contributed by atoms with Crippen LogP contribution in [0.5, 0.6) is 5.75 Å². The van der Waals surface area contributed by atoms with Crippen LogP contribution in [0.1, 0.15) is 47.4 Å². The van der Waals surface area contributed by atoms with Gasteiger partial charge in [-0.15, -0.1) is 0 Å². The number of ether oxygens (including phenoxy) is 1. The van der Waals surface area contributed by atoms with E-state index in [9.17, 15) is 20.2 Å². The summed E-state index contributed by atoms with van der Waals surface area (Å²) in [4.78, 5) is 26.5. The predicted molar refractivity (Wildman–Crippen MR) is 153 cm³/mol. The van der Waals surface area contributed by atoms with Crippen LogP contribution in [0.4, 0.5) is 11.4 Å². The number of hydrogen-bond acceptors (Lipinski definition) is 7. The van der Waals surface area contributed by atoms with Crippen molar-refractivity contribution >= 4 is 28.8 Å². The SMILES string of the molecule is Cc1cc(COc2ccc(Cl)cc2)c(C)c(C2C(C#N)=C(N)N(c3ccccc3[N+](=O)[O-])C3=C2C(=O)CCC3)c1. The Morgan fingerprint density at radius 1 is 1.15 bits per heavy atom. The summed E-state index contributed by atoms with van der Waals surface area (Å²) in [5.41, 5.74) is 11.5. The molecule has 3 aromatic carbocycles. The zero-order valence-electron chi connectivity index (χ0n) is 22.1. The molecular formula is C31H27ClN4O4. The Morgan fingerprint density at radius 2 is 1.88 bits per heavy atom. The minimum absolute atomic E-state index is 0.0880. The molecule has 0 spiro atoms. The largest absolute Gasteiger partial charge is 0.489 e. The minimum Gasteiger partial charge on any atom is -0.489 e. The Morgan fingerprint density at radius 3 is 2.58 bits per heavy atom. The Kier molecular flexibility index (Phi) is 7.33. The molecule has 0 amide bonds. The topological polar surface area (TPSA) is 122 Å². The molecule has 202 valence electrons. The summed E-state index contributed by atoms with van der Waals surface area (Å²) < 4.78 is 6.03. The van der Waals surface area contributed by atoms with E-state index < -0.39 is 10.8 Å². The highest BCUT2D eigenvalue weighted by molar-refractivity contribution is 6.30. The van der Waals surface area contributed by atoms with Crippen molar-refractivity contribution in [2.75, 3.05) is 4.90 Å². The van der Waals surface area contributed by atoms with Gasteiger partial charge in [0, 0.05) is 28.8 Å². The number of ketones is 1. The molecule has 2 aliphatic rings. The van der Waals surface area contributed by atoms with Crippen molar-refractivity contribution in [3.63, 3.8) is 0 Å². The van der Waals surface area contributed by atoms with Crippen molar-refractivity contribution in [3.05, 3.63) is 121 Å². The molecule has 1 unspecified atom stereocenters. The number of Topliss-reactive ketones (excluding diaryl/α,β-unsaturated/α-hetero) is 1. The number of para-hydroxylation sites is 2. The lowest BCUT2D eigenvalue weighted by atomic mass is 9.73. The molecule has 9 heteroatoms. The van der Waals surface area contributed by atoms with Crippen molar-refractivity contribution in [2.45, 2.75) is 45.6 Å². The maximum absolute atomic E-state index is 13.6. The molecule has 2 N–H and O–H groups in total. The van der Waals surface area contributed by atoms with E-state index in [-0.39, 0.29) is 35.2 Å². The van der Waals surface area contributed by atoms with Crippen LogP contribution in [-0.4, -0.2) is 10.7 Å². The Bertz CT molecular complexity index is 1640. The molecule has 0 radical (unpaired) electrons. The van der Waals surface area contributed by atoms with E-state index in [1.165, 1.54) is 11.0 Å². The summed E-state index contributed by atoms with van der Waals surface area (Å²) in [6.45, 7) is 4.18. The van der Waals surface area contributed by atoms with Crippen LogP contribution in [0.2, 0.25) is 5.02 Å². The number of nitro groups is 1. The highest BCUT2D eigenvalue weighted by Gasteiger charge is 2.42. The van der Waals surface area contributed by atoms with Crippen molar-refractivity contribution in [1.82, 2.24) is 0 Å². The predicted octanol–water partition coefficient (Wildman–Crippen LogP) is 6.75. The van der Waals surface area contributed by atoms with Gasteiger partial charge in [-0.3, -0.25) is 19.8 Å². The molecule has 0 aromatic heterocycles. The standard InChI is InChI=1S/C31H27ClN4O4/c1-18-14-20(17-40-22-12-10-21(32)11-13-22)19(2)23(15-18)29-24(16-33)31(34)35(27-8-5-9-28(37)30(27)29)25-6-3-4-7-26(25)36(38)39/h3-4,6-7,10-15,29H,5,8-9,17,34H2,1-2H3. The molecule has 1 aliphatic carbocycles. The number of nitrogens with zero attached hydrogens (tertiary/aromatic N) is 3. The highest BCUT2D eigenvalue weighted by Crippen LogP contribution is 2.48. The lowest BCUT2D eigenvalue weighted by Crippen LogP contribution is -2.39. The molecule has 5 rings (SSSR count). The number of carbonyl (C=O) groups excluding carboxylic acids is 1. The van der Waals surface area contributed by atoms with E-state index in [4.69, 9.17) is 22.1 Å². The average Bonchev–Trinajstić information content (AvgIpc) is 2.93. The average molecular weight is 555 g/mol. The van der Waals surface area contributed by atoms with E-state index in [1.807, 2.05) is 26.0 Å². The van der Waals surface area contributed by atoms with Gasteiger partial charge in [0.25, 0.3) is 5.69 Å². The van der Waals surface area contributed by atoms with Gasteiger partial charge in [-0.2, -0.15) is 5.26 Å². The Hall–Kier alpha value is -4.61. The molecule has 3 aromatic rings. The van der Waals surface area contributed by atoms with Crippen LogP contribution in [-0.2, 0) is 11.4 Å².